The smallest absolute Gasteiger partial charge is 0.259 e. The normalized spacial score (nSPS) is 12.0. The van der Waals surface area contributed by atoms with Gasteiger partial charge in [-0.05, 0) is 25.5 Å². The van der Waals surface area contributed by atoms with Gasteiger partial charge in [-0.25, -0.2) is 0 Å². The minimum absolute atomic E-state index is 0.0477. The van der Waals surface area contributed by atoms with E-state index in [0.717, 1.165) is 23.4 Å². The van der Waals surface area contributed by atoms with Gasteiger partial charge in [-0.3, -0.25) is 9.48 Å². The summed E-state index contributed by atoms with van der Waals surface area (Å²) in [6.07, 6.45) is 3.89. The van der Waals surface area contributed by atoms with E-state index in [-0.39, 0.29) is 18.6 Å². The lowest BCUT2D eigenvalue weighted by molar-refractivity contribution is -0.130. The highest BCUT2D eigenvalue weighted by Crippen LogP contribution is 2.18. The summed E-state index contributed by atoms with van der Waals surface area (Å²) >= 11 is 0. The fourth-order valence-corrected chi connectivity index (χ4v) is 2.26. The highest BCUT2D eigenvalue weighted by Gasteiger charge is 2.09. The molecule has 0 saturated carbocycles. The van der Waals surface area contributed by atoms with Crippen LogP contribution in [0.1, 0.15) is 18.1 Å². The van der Waals surface area contributed by atoms with Gasteiger partial charge in [0.15, 0.2) is 6.61 Å². The van der Waals surface area contributed by atoms with E-state index in [1.165, 1.54) is 4.90 Å². The van der Waals surface area contributed by atoms with Crippen molar-refractivity contribution < 1.29 is 9.53 Å². The van der Waals surface area contributed by atoms with Crippen molar-refractivity contribution >= 4 is 5.91 Å². The Kier molecular flexibility index (Phi) is 6.37. The monoisotopic (exact) mass is 330 g/mol. The maximum absolute atomic E-state index is 11.7. The molecule has 0 aliphatic carbocycles. The van der Waals surface area contributed by atoms with E-state index in [2.05, 4.69) is 17.3 Å². The molecule has 0 aliphatic heterocycles. The summed E-state index contributed by atoms with van der Waals surface area (Å²) in [5.74, 6) is 0.683. The molecule has 130 valence electrons. The number of para-hydroxylation sites is 1. The largest absolute Gasteiger partial charge is 0.483 e. The van der Waals surface area contributed by atoms with Gasteiger partial charge in [-0.15, -0.1) is 0 Å². The van der Waals surface area contributed by atoms with Gasteiger partial charge in [0.1, 0.15) is 5.75 Å². The average molecular weight is 330 g/mol. The fourth-order valence-electron chi connectivity index (χ4n) is 2.26. The van der Waals surface area contributed by atoms with Crippen LogP contribution in [0.3, 0.4) is 0 Å². The van der Waals surface area contributed by atoms with Crippen molar-refractivity contribution in [1.29, 1.82) is 0 Å². The molecule has 0 spiro atoms. The average Bonchev–Trinajstić information content (AvgIpc) is 2.96. The number of likely N-dealkylation sites (N-methyl/N-ethyl adjacent to an activating group) is 1. The van der Waals surface area contributed by atoms with E-state index < -0.39 is 0 Å². The van der Waals surface area contributed by atoms with Gasteiger partial charge in [0.05, 0.1) is 12.7 Å². The third kappa shape index (κ3) is 5.38. The summed E-state index contributed by atoms with van der Waals surface area (Å²) < 4.78 is 7.60. The van der Waals surface area contributed by atoms with Crippen molar-refractivity contribution in [3.63, 3.8) is 0 Å². The number of nitrogens with one attached hydrogen (secondary N) is 1. The summed E-state index contributed by atoms with van der Waals surface area (Å²) in [7, 11) is 3.44. The summed E-state index contributed by atoms with van der Waals surface area (Å²) in [6, 6.07) is 8.05. The second-order valence-corrected chi connectivity index (χ2v) is 6.21. The Bertz CT molecular complexity index is 667. The second-order valence-electron chi connectivity index (χ2n) is 6.21. The van der Waals surface area contributed by atoms with Gasteiger partial charge in [-0.2, -0.15) is 5.10 Å². The van der Waals surface area contributed by atoms with E-state index in [9.17, 15) is 4.79 Å². The number of rotatable bonds is 8. The number of aromatic nitrogens is 2. The number of carbonyl (C=O) groups excluding carboxylic acids is 1. The molecule has 0 saturated heterocycles. The predicted octanol–water partition coefficient (Wildman–Crippen LogP) is 1.84. The Labute approximate surface area is 143 Å². The number of hydrogen-bond acceptors (Lipinski definition) is 4. The van der Waals surface area contributed by atoms with Crippen LogP contribution >= 0.6 is 0 Å². The number of benzene rings is 1. The maximum Gasteiger partial charge on any atom is 0.259 e. The van der Waals surface area contributed by atoms with E-state index >= 15 is 0 Å². The van der Waals surface area contributed by atoms with Crippen LogP contribution in [0.15, 0.2) is 36.7 Å². The summed E-state index contributed by atoms with van der Waals surface area (Å²) in [4.78, 5) is 13.2. The molecule has 6 heteroatoms. The first-order chi connectivity index (χ1) is 11.5. The van der Waals surface area contributed by atoms with Crippen LogP contribution in [-0.2, 0) is 17.9 Å². The molecular weight excluding hydrogens is 304 g/mol. The van der Waals surface area contributed by atoms with Crippen LogP contribution in [0.5, 0.6) is 5.75 Å². The lowest BCUT2D eigenvalue weighted by atomic mass is 10.2. The Hall–Kier alpha value is -2.34. The molecule has 6 nitrogen and oxygen atoms in total. The van der Waals surface area contributed by atoms with Crippen molar-refractivity contribution in [2.45, 2.75) is 33.0 Å². The highest BCUT2D eigenvalue weighted by molar-refractivity contribution is 5.77. The Morgan fingerprint density at radius 3 is 2.79 bits per heavy atom. The third-order valence-corrected chi connectivity index (χ3v) is 3.69. The van der Waals surface area contributed by atoms with Crippen LogP contribution in [-0.4, -0.2) is 47.3 Å². The quantitative estimate of drug-likeness (QED) is 0.802. The van der Waals surface area contributed by atoms with Gasteiger partial charge in [-0.1, -0.05) is 18.2 Å². The van der Waals surface area contributed by atoms with Crippen LogP contribution in [0, 0.1) is 6.92 Å². The molecule has 0 fully saturated rings. The Balaban J connectivity index is 1.88. The standard InChI is InChI=1S/C18H26N4O2/c1-14-9-20-22(11-14)12-15(2)19-10-16-7-5-6-8-17(16)24-13-18(23)21(3)4/h5-9,11,15,19H,10,12-13H2,1-4H3/t15-/m0/s1. The molecule has 1 heterocycles. The number of aryl methyl sites for hydroxylation is 1. The van der Waals surface area contributed by atoms with Crippen molar-refractivity contribution in [2.24, 2.45) is 0 Å². The van der Waals surface area contributed by atoms with E-state index in [0.29, 0.717) is 6.54 Å². The second kappa shape index (κ2) is 8.49. The van der Waals surface area contributed by atoms with Crippen molar-refractivity contribution in [3.05, 3.63) is 47.8 Å². The zero-order chi connectivity index (χ0) is 17.5. The lowest BCUT2D eigenvalue weighted by Crippen LogP contribution is -2.30. The molecule has 2 rings (SSSR count). The van der Waals surface area contributed by atoms with Crippen molar-refractivity contribution in [1.82, 2.24) is 20.0 Å². The first-order valence-electron chi connectivity index (χ1n) is 8.09. The van der Waals surface area contributed by atoms with E-state index in [1.807, 2.05) is 48.3 Å². The number of ether oxygens (including phenoxy) is 1. The molecule has 1 aromatic heterocycles. The molecule has 1 aromatic carbocycles. The van der Waals surface area contributed by atoms with Crippen LogP contribution in [0.4, 0.5) is 0 Å². The van der Waals surface area contributed by atoms with E-state index in [4.69, 9.17) is 4.74 Å². The first-order valence-corrected chi connectivity index (χ1v) is 8.09. The van der Waals surface area contributed by atoms with Crippen molar-refractivity contribution in [3.8, 4) is 5.75 Å². The number of amides is 1. The van der Waals surface area contributed by atoms with Crippen LogP contribution in [0.2, 0.25) is 0 Å². The van der Waals surface area contributed by atoms with Crippen LogP contribution in [0.25, 0.3) is 0 Å². The Morgan fingerprint density at radius 2 is 2.12 bits per heavy atom. The Morgan fingerprint density at radius 1 is 1.38 bits per heavy atom. The number of carbonyl (C=O) groups is 1. The molecule has 0 radical (unpaired) electrons. The molecule has 0 aliphatic rings. The molecular formula is C18H26N4O2. The first kappa shape index (κ1) is 18.0. The summed E-state index contributed by atoms with van der Waals surface area (Å²) in [5.41, 5.74) is 2.19. The zero-order valence-corrected chi connectivity index (χ0v) is 14.8. The zero-order valence-electron chi connectivity index (χ0n) is 14.8. The predicted molar refractivity (Wildman–Crippen MR) is 93.9 cm³/mol. The fraction of sp³-hybridized carbons (Fsp3) is 0.444. The molecule has 2 aromatic rings. The lowest BCUT2D eigenvalue weighted by Gasteiger charge is -2.17. The van der Waals surface area contributed by atoms with Crippen LogP contribution < -0.4 is 10.1 Å². The van der Waals surface area contributed by atoms with Gasteiger partial charge in [0.2, 0.25) is 0 Å². The van der Waals surface area contributed by atoms with Gasteiger partial charge < -0.3 is 15.0 Å². The number of hydrogen-bond donors (Lipinski definition) is 1. The summed E-state index contributed by atoms with van der Waals surface area (Å²) in [5, 5.41) is 7.77. The molecule has 1 amide bonds. The SMILES string of the molecule is Cc1cnn(C[C@H](C)NCc2ccccc2OCC(=O)N(C)C)c1. The van der Waals surface area contributed by atoms with Gasteiger partial charge in [0.25, 0.3) is 5.91 Å². The number of nitrogens with zero attached hydrogens (tertiary/aromatic N) is 3. The van der Waals surface area contributed by atoms with Gasteiger partial charge in [0, 0.05) is 38.4 Å². The summed E-state index contributed by atoms with van der Waals surface area (Å²) in [6.45, 7) is 5.68. The minimum Gasteiger partial charge on any atom is -0.483 e. The molecule has 0 unspecified atom stereocenters. The highest BCUT2D eigenvalue weighted by atomic mass is 16.5. The van der Waals surface area contributed by atoms with E-state index in [1.54, 1.807) is 14.1 Å². The topological polar surface area (TPSA) is 59.4 Å². The molecule has 1 atom stereocenters. The molecule has 24 heavy (non-hydrogen) atoms. The van der Waals surface area contributed by atoms with Crippen molar-refractivity contribution in [2.75, 3.05) is 20.7 Å². The third-order valence-electron chi connectivity index (χ3n) is 3.69. The maximum atomic E-state index is 11.7. The molecule has 0 bridgehead atoms. The molecule has 1 N–H and O–H groups in total. The van der Waals surface area contributed by atoms with Gasteiger partial charge >= 0.3 is 0 Å². The minimum atomic E-state index is -0.0554.